The molecule has 1 saturated heterocycles. The average molecular weight is 224 g/mol. The minimum atomic E-state index is -4.61. The third kappa shape index (κ3) is 2.65. The molecule has 0 aromatic rings. The Morgan fingerprint density at radius 2 is 2.29 bits per heavy atom. The Hall–Kier alpha value is -0.690. The van der Waals surface area contributed by atoms with Crippen molar-refractivity contribution in [1.82, 2.24) is 4.90 Å². The zero-order chi connectivity index (χ0) is 10.9. The fraction of sp³-hybridized carbons (Fsp3) is 0.857. The van der Waals surface area contributed by atoms with Crippen LogP contribution in [-0.4, -0.2) is 43.6 Å². The summed E-state index contributed by atoms with van der Waals surface area (Å²) in [5.41, 5.74) is 5.45. The summed E-state index contributed by atoms with van der Waals surface area (Å²) in [6, 6.07) is -0.236. The standard InChI is InChI=1S/C7H13FN2O3S/c1-5(9)3-10-4-6(2-7(10)11)14(8,12)13/h5-6H,2-4,9H2,1H3. The zero-order valence-corrected chi connectivity index (χ0v) is 8.63. The molecule has 14 heavy (non-hydrogen) atoms. The van der Waals surface area contributed by atoms with E-state index in [2.05, 4.69) is 0 Å². The molecule has 0 aromatic heterocycles. The first-order valence-electron chi connectivity index (χ1n) is 4.27. The largest absolute Gasteiger partial charge is 0.340 e. The van der Waals surface area contributed by atoms with Crippen LogP contribution < -0.4 is 5.73 Å². The Bertz CT molecular complexity index is 328. The maximum Gasteiger partial charge on any atom is 0.307 e. The van der Waals surface area contributed by atoms with Crippen LogP contribution in [0.2, 0.25) is 0 Å². The van der Waals surface area contributed by atoms with Crippen molar-refractivity contribution in [3.63, 3.8) is 0 Å². The van der Waals surface area contributed by atoms with Gasteiger partial charge >= 0.3 is 10.2 Å². The molecule has 0 aromatic carbocycles. The number of carbonyl (C=O) groups is 1. The Morgan fingerprint density at radius 3 is 2.64 bits per heavy atom. The lowest BCUT2D eigenvalue weighted by Gasteiger charge is -2.17. The van der Waals surface area contributed by atoms with Gasteiger partial charge in [0.25, 0.3) is 0 Å². The number of halogens is 1. The van der Waals surface area contributed by atoms with E-state index >= 15 is 0 Å². The maximum absolute atomic E-state index is 12.5. The van der Waals surface area contributed by atoms with E-state index in [9.17, 15) is 17.1 Å². The van der Waals surface area contributed by atoms with E-state index in [4.69, 9.17) is 5.73 Å². The molecule has 5 nitrogen and oxygen atoms in total. The Kier molecular flexibility index (Phi) is 3.10. The molecule has 1 aliphatic heterocycles. The quantitative estimate of drug-likeness (QED) is 0.638. The Balaban J connectivity index is 2.65. The van der Waals surface area contributed by atoms with Crippen LogP contribution in [0.3, 0.4) is 0 Å². The summed E-state index contributed by atoms with van der Waals surface area (Å²) in [5, 5.41) is -1.21. The molecule has 1 rings (SSSR count). The van der Waals surface area contributed by atoms with Gasteiger partial charge in [0.2, 0.25) is 5.91 Å². The monoisotopic (exact) mass is 224 g/mol. The number of amides is 1. The van der Waals surface area contributed by atoms with Crippen molar-refractivity contribution in [3.8, 4) is 0 Å². The van der Waals surface area contributed by atoms with Gasteiger partial charge in [-0.2, -0.15) is 8.42 Å². The molecule has 2 N–H and O–H groups in total. The summed E-state index contributed by atoms with van der Waals surface area (Å²) in [5.74, 6) is -0.353. The second kappa shape index (κ2) is 3.82. The van der Waals surface area contributed by atoms with Gasteiger partial charge < -0.3 is 10.6 Å². The number of likely N-dealkylation sites (tertiary alicyclic amines) is 1. The smallest absolute Gasteiger partial charge is 0.307 e. The van der Waals surface area contributed by atoms with Crippen molar-refractivity contribution < 1.29 is 17.1 Å². The second-order valence-corrected chi connectivity index (χ2v) is 5.20. The van der Waals surface area contributed by atoms with E-state index in [0.717, 1.165) is 0 Å². The number of hydrogen-bond acceptors (Lipinski definition) is 4. The van der Waals surface area contributed by atoms with Crippen LogP contribution in [0.5, 0.6) is 0 Å². The van der Waals surface area contributed by atoms with Crippen LogP contribution in [-0.2, 0) is 15.0 Å². The number of rotatable bonds is 3. The van der Waals surface area contributed by atoms with Crippen molar-refractivity contribution in [2.75, 3.05) is 13.1 Å². The SMILES string of the molecule is CC(N)CN1CC(S(=O)(=O)F)CC1=O. The van der Waals surface area contributed by atoms with Crippen LogP contribution in [0.1, 0.15) is 13.3 Å². The second-order valence-electron chi connectivity index (χ2n) is 3.58. The molecule has 7 heteroatoms. The van der Waals surface area contributed by atoms with E-state index in [1.165, 1.54) is 4.90 Å². The van der Waals surface area contributed by atoms with Gasteiger partial charge in [-0.05, 0) is 6.92 Å². The van der Waals surface area contributed by atoms with Crippen molar-refractivity contribution in [3.05, 3.63) is 0 Å². The van der Waals surface area contributed by atoms with Gasteiger partial charge in [-0.15, -0.1) is 3.89 Å². The van der Waals surface area contributed by atoms with Gasteiger partial charge in [-0.3, -0.25) is 4.79 Å². The predicted octanol–water partition coefficient (Wildman–Crippen LogP) is -0.766. The normalized spacial score (nSPS) is 25.5. The lowest BCUT2D eigenvalue weighted by molar-refractivity contribution is -0.127. The molecule has 1 aliphatic rings. The van der Waals surface area contributed by atoms with Gasteiger partial charge in [-0.25, -0.2) is 0 Å². The van der Waals surface area contributed by atoms with Crippen molar-refractivity contribution in [1.29, 1.82) is 0 Å². The minimum Gasteiger partial charge on any atom is -0.340 e. The number of nitrogens with zero attached hydrogens (tertiary/aromatic N) is 1. The highest BCUT2D eigenvalue weighted by atomic mass is 32.3. The number of hydrogen-bond donors (Lipinski definition) is 1. The Labute approximate surface area is 82.3 Å². The van der Waals surface area contributed by atoms with Gasteiger partial charge in [0.05, 0.1) is 0 Å². The summed E-state index contributed by atoms with van der Waals surface area (Å²) < 4.78 is 33.6. The first-order chi connectivity index (χ1) is 6.30. The number of carbonyl (C=O) groups excluding carboxylic acids is 1. The fourth-order valence-electron chi connectivity index (χ4n) is 1.45. The average Bonchev–Trinajstić information content (AvgIpc) is 2.30. The maximum atomic E-state index is 12.5. The minimum absolute atomic E-state index is 0.0841. The van der Waals surface area contributed by atoms with Crippen LogP contribution in [0.15, 0.2) is 0 Å². The molecule has 1 amide bonds. The van der Waals surface area contributed by atoms with Crippen LogP contribution in [0.25, 0.3) is 0 Å². The van der Waals surface area contributed by atoms with E-state index in [1.807, 2.05) is 0 Å². The summed E-state index contributed by atoms with van der Waals surface area (Å²) in [6.07, 6.45) is -0.272. The Morgan fingerprint density at radius 1 is 1.71 bits per heavy atom. The van der Waals surface area contributed by atoms with Crippen LogP contribution in [0, 0.1) is 0 Å². The molecule has 0 aliphatic carbocycles. The molecule has 2 unspecified atom stereocenters. The zero-order valence-electron chi connectivity index (χ0n) is 7.81. The summed E-state index contributed by atoms with van der Waals surface area (Å²) >= 11 is 0. The van der Waals surface area contributed by atoms with Crippen LogP contribution >= 0.6 is 0 Å². The molecule has 82 valence electrons. The molecular formula is C7H13FN2O3S. The predicted molar refractivity (Wildman–Crippen MR) is 48.7 cm³/mol. The lowest BCUT2D eigenvalue weighted by atomic mass is 10.3. The molecule has 0 bridgehead atoms. The molecule has 2 atom stereocenters. The third-order valence-electron chi connectivity index (χ3n) is 2.09. The molecule has 1 heterocycles. The number of nitrogens with two attached hydrogens (primary N) is 1. The topological polar surface area (TPSA) is 80.5 Å². The van der Waals surface area contributed by atoms with Crippen molar-refractivity contribution in [2.45, 2.75) is 24.6 Å². The first kappa shape index (κ1) is 11.4. The van der Waals surface area contributed by atoms with E-state index in [-0.39, 0.29) is 31.5 Å². The first-order valence-corrected chi connectivity index (χ1v) is 5.72. The molecular weight excluding hydrogens is 211 g/mol. The lowest BCUT2D eigenvalue weighted by Crippen LogP contribution is -2.37. The van der Waals surface area contributed by atoms with Crippen molar-refractivity contribution in [2.24, 2.45) is 5.73 Å². The van der Waals surface area contributed by atoms with Gasteiger partial charge in [0.1, 0.15) is 5.25 Å². The summed E-state index contributed by atoms with van der Waals surface area (Å²) in [6.45, 7) is 1.88. The van der Waals surface area contributed by atoms with E-state index in [0.29, 0.717) is 0 Å². The van der Waals surface area contributed by atoms with Gasteiger partial charge in [0, 0.05) is 25.6 Å². The molecule has 0 spiro atoms. The van der Waals surface area contributed by atoms with Crippen LogP contribution in [0.4, 0.5) is 3.89 Å². The highest BCUT2D eigenvalue weighted by molar-refractivity contribution is 7.87. The highest BCUT2D eigenvalue weighted by Gasteiger charge is 2.38. The molecule has 1 fully saturated rings. The third-order valence-corrected chi connectivity index (χ3v) is 3.20. The van der Waals surface area contributed by atoms with Gasteiger partial charge in [0.15, 0.2) is 0 Å². The fourth-order valence-corrected chi connectivity index (χ4v) is 2.15. The highest BCUT2D eigenvalue weighted by Crippen LogP contribution is 2.19. The summed E-state index contributed by atoms with van der Waals surface area (Å²) in [7, 11) is -4.61. The molecule has 0 saturated carbocycles. The van der Waals surface area contributed by atoms with Gasteiger partial charge in [-0.1, -0.05) is 0 Å². The van der Waals surface area contributed by atoms with Crippen molar-refractivity contribution >= 4 is 16.1 Å². The summed E-state index contributed by atoms with van der Waals surface area (Å²) in [4.78, 5) is 12.5. The van der Waals surface area contributed by atoms with E-state index < -0.39 is 15.5 Å². The van der Waals surface area contributed by atoms with E-state index in [1.54, 1.807) is 6.92 Å². The molecule has 0 radical (unpaired) electrons.